The van der Waals surface area contributed by atoms with Gasteiger partial charge in [0.2, 0.25) is 15.5 Å². The van der Waals surface area contributed by atoms with Gasteiger partial charge in [-0.05, 0) is 30.5 Å². The van der Waals surface area contributed by atoms with Crippen molar-refractivity contribution in [1.82, 2.24) is 0 Å². The third-order valence-corrected chi connectivity index (χ3v) is 3.97. The van der Waals surface area contributed by atoms with Crippen molar-refractivity contribution in [2.75, 3.05) is 11.1 Å². The van der Waals surface area contributed by atoms with Gasteiger partial charge in [0.15, 0.2) is 0 Å². The van der Waals surface area contributed by atoms with E-state index in [4.69, 9.17) is 22.3 Å². The lowest BCUT2D eigenvalue weighted by molar-refractivity contribution is -0.105. The van der Waals surface area contributed by atoms with Crippen LogP contribution in [0.15, 0.2) is 12.1 Å². The average molecular weight is 326 g/mol. The minimum atomic E-state index is -3.51. The van der Waals surface area contributed by atoms with Crippen LogP contribution >= 0.6 is 22.3 Å². The molecular weight excluding hydrogens is 309 g/mol. The Balaban J connectivity index is 0.00000154. The van der Waals surface area contributed by atoms with E-state index in [1.807, 2.05) is 13.8 Å². The van der Waals surface area contributed by atoms with Crippen molar-refractivity contribution in [2.45, 2.75) is 27.2 Å². The summed E-state index contributed by atoms with van der Waals surface area (Å²) < 4.78 is 21.7. The van der Waals surface area contributed by atoms with Gasteiger partial charge in [0, 0.05) is 10.7 Å². The standard InChI is InChI=1S/C10H11Cl2NO3S.C2H6/c1-7-8(4-5-17(12,15)16)2-3-9(10(7)11)13-6-14;1-2/h2-3,6H,4-5H2,1H3,(H,13,14);1-2H3. The lowest BCUT2D eigenvalue weighted by atomic mass is 10.1. The van der Waals surface area contributed by atoms with Crippen molar-refractivity contribution in [3.63, 3.8) is 0 Å². The van der Waals surface area contributed by atoms with Crippen LogP contribution in [0, 0.1) is 6.92 Å². The summed E-state index contributed by atoms with van der Waals surface area (Å²) in [7, 11) is 1.62. The van der Waals surface area contributed by atoms with Gasteiger partial charge in [0.25, 0.3) is 0 Å². The summed E-state index contributed by atoms with van der Waals surface area (Å²) in [5.74, 6) is -0.147. The zero-order valence-electron chi connectivity index (χ0n) is 11.0. The van der Waals surface area contributed by atoms with Crippen molar-refractivity contribution >= 4 is 43.4 Å². The first-order valence-electron chi connectivity index (χ1n) is 5.75. The Morgan fingerprint density at radius 2 is 1.89 bits per heavy atom. The number of benzene rings is 1. The molecule has 1 N–H and O–H groups in total. The van der Waals surface area contributed by atoms with Gasteiger partial charge < -0.3 is 5.32 Å². The van der Waals surface area contributed by atoms with E-state index in [0.717, 1.165) is 11.1 Å². The highest BCUT2D eigenvalue weighted by Gasteiger charge is 2.11. The summed E-state index contributed by atoms with van der Waals surface area (Å²) >= 11 is 6.02. The molecule has 0 spiro atoms. The summed E-state index contributed by atoms with van der Waals surface area (Å²) in [5, 5.41) is 2.86. The molecule has 1 amide bonds. The van der Waals surface area contributed by atoms with Gasteiger partial charge in [0.05, 0.1) is 16.5 Å². The molecule has 0 aliphatic rings. The minimum Gasteiger partial charge on any atom is -0.327 e. The number of nitrogens with one attached hydrogen (secondary N) is 1. The van der Waals surface area contributed by atoms with E-state index in [1.165, 1.54) is 0 Å². The highest BCUT2D eigenvalue weighted by atomic mass is 35.7. The number of rotatable bonds is 5. The van der Waals surface area contributed by atoms with Crippen LogP contribution < -0.4 is 5.32 Å². The predicted molar refractivity (Wildman–Crippen MR) is 80.6 cm³/mol. The van der Waals surface area contributed by atoms with E-state index in [1.54, 1.807) is 19.1 Å². The van der Waals surface area contributed by atoms with Gasteiger partial charge in [0.1, 0.15) is 0 Å². The Labute approximate surface area is 123 Å². The molecule has 0 heterocycles. The Kier molecular flexibility index (Phi) is 8.06. The number of carbonyl (C=O) groups is 1. The second kappa shape index (κ2) is 8.40. The fourth-order valence-corrected chi connectivity index (χ4v) is 2.34. The molecule has 108 valence electrons. The van der Waals surface area contributed by atoms with Gasteiger partial charge in [-0.15, -0.1) is 0 Å². The summed E-state index contributed by atoms with van der Waals surface area (Å²) in [6.07, 6.45) is 0.822. The van der Waals surface area contributed by atoms with E-state index in [-0.39, 0.29) is 5.75 Å². The number of amides is 1. The number of anilines is 1. The third-order valence-electron chi connectivity index (χ3n) is 2.33. The van der Waals surface area contributed by atoms with Gasteiger partial charge in [-0.2, -0.15) is 0 Å². The Morgan fingerprint density at radius 3 is 2.37 bits per heavy atom. The van der Waals surface area contributed by atoms with Crippen molar-refractivity contribution in [1.29, 1.82) is 0 Å². The van der Waals surface area contributed by atoms with Crippen LogP contribution in [-0.2, 0) is 20.3 Å². The molecule has 0 saturated heterocycles. The fourth-order valence-electron chi connectivity index (χ4n) is 1.40. The molecule has 0 aliphatic heterocycles. The summed E-state index contributed by atoms with van der Waals surface area (Å²) in [5.41, 5.74) is 2.02. The van der Waals surface area contributed by atoms with Crippen molar-refractivity contribution in [3.8, 4) is 0 Å². The van der Waals surface area contributed by atoms with Crippen LogP contribution in [0.5, 0.6) is 0 Å². The minimum absolute atomic E-state index is 0.147. The summed E-state index contributed by atoms with van der Waals surface area (Å²) in [6.45, 7) is 5.76. The van der Waals surface area contributed by atoms with Gasteiger partial charge in [-0.1, -0.05) is 31.5 Å². The molecule has 0 aliphatic carbocycles. The van der Waals surface area contributed by atoms with Crippen molar-refractivity contribution < 1.29 is 13.2 Å². The maximum atomic E-state index is 10.8. The second-order valence-electron chi connectivity index (χ2n) is 3.47. The summed E-state index contributed by atoms with van der Waals surface area (Å²) in [6, 6.07) is 3.34. The van der Waals surface area contributed by atoms with E-state index >= 15 is 0 Å². The molecule has 0 saturated carbocycles. The lowest BCUT2D eigenvalue weighted by Gasteiger charge is -2.10. The first-order valence-corrected chi connectivity index (χ1v) is 8.61. The van der Waals surface area contributed by atoms with Crippen LogP contribution in [-0.4, -0.2) is 20.6 Å². The van der Waals surface area contributed by atoms with Crippen molar-refractivity contribution in [2.24, 2.45) is 0 Å². The molecule has 0 unspecified atom stereocenters. The Morgan fingerprint density at radius 1 is 1.32 bits per heavy atom. The largest absolute Gasteiger partial charge is 0.327 e. The van der Waals surface area contributed by atoms with Gasteiger partial charge in [-0.25, -0.2) is 8.42 Å². The maximum absolute atomic E-state index is 10.8. The Hall–Kier alpha value is -0.780. The summed E-state index contributed by atoms with van der Waals surface area (Å²) in [4.78, 5) is 10.3. The SMILES string of the molecule is CC.Cc1c(CCS(=O)(=O)Cl)ccc(NC=O)c1Cl. The zero-order chi connectivity index (χ0) is 15.1. The molecule has 1 aromatic rings. The quantitative estimate of drug-likeness (QED) is 0.667. The van der Waals surface area contributed by atoms with Crippen molar-refractivity contribution in [3.05, 3.63) is 28.3 Å². The monoisotopic (exact) mass is 325 g/mol. The molecular formula is C12H17Cl2NO3S. The molecule has 1 rings (SSSR count). The molecule has 4 nitrogen and oxygen atoms in total. The molecule has 0 aromatic heterocycles. The van der Waals surface area contributed by atoms with Gasteiger partial charge >= 0.3 is 0 Å². The molecule has 0 bridgehead atoms. The molecule has 0 radical (unpaired) electrons. The highest BCUT2D eigenvalue weighted by Crippen LogP contribution is 2.28. The second-order valence-corrected chi connectivity index (χ2v) is 6.74. The first kappa shape index (κ1) is 18.2. The lowest BCUT2D eigenvalue weighted by Crippen LogP contribution is -2.04. The first-order chi connectivity index (χ1) is 8.85. The average Bonchev–Trinajstić information content (AvgIpc) is 2.36. The topological polar surface area (TPSA) is 63.2 Å². The smallest absolute Gasteiger partial charge is 0.232 e. The van der Waals surface area contributed by atoms with Gasteiger partial charge in [-0.3, -0.25) is 4.79 Å². The van der Waals surface area contributed by atoms with E-state index in [9.17, 15) is 13.2 Å². The predicted octanol–water partition coefficient (Wildman–Crippen LogP) is 3.35. The molecule has 0 atom stereocenters. The third kappa shape index (κ3) is 6.27. The Bertz CT molecular complexity index is 530. The molecule has 19 heavy (non-hydrogen) atoms. The number of halogens is 2. The van der Waals surface area contributed by atoms with E-state index < -0.39 is 9.05 Å². The molecule has 1 aromatic carbocycles. The van der Waals surface area contributed by atoms with Crippen LogP contribution in [0.3, 0.4) is 0 Å². The fraction of sp³-hybridized carbons (Fsp3) is 0.417. The number of aryl methyl sites for hydroxylation is 1. The highest BCUT2D eigenvalue weighted by molar-refractivity contribution is 8.13. The zero-order valence-corrected chi connectivity index (χ0v) is 13.4. The van der Waals surface area contributed by atoms with Crippen LogP contribution in [0.25, 0.3) is 0 Å². The maximum Gasteiger partial charge on any atom is 0.232 e. The molecule has 0 fully saturated rings. The van der Waals surface area contributed by atoms with Crippen LogP contribution in [0.1, 0.15) is 25.0 Å². The van der Waals surface area contributed by atoms with E-state index in [0.29, 0.717) is 23.5 Å². The number of carbonyl (C=O) groups excluding carboxylic acids is 1. The normalized spacial score (nSPS) is 10.4. The van der Waals surface area contributed by atoms with E-state index in [2.05, 4.69) is 5.32 Å². The van der Waals surface area contributed by atoms with Crippen LogP contribution in [0.2, 0.25) is 5.02 Å². The van der Waals surface area contributed by atoms with Crippen LogP contribution in [0.4, 0.5) is 5.69 Å². The number of hydrogen-bond donors (Lipinski definition) is 1. The molecule has 7 heteroatoms. The number of hydrogen-bond acceptors (Lipinski definition) is 3.